The molecule has 43 heteroatoms. The third kappa shape index (κ3) is 14.2. The van der Waals surface area contributed by atoms with Crippen LogP contribution in [0.1, 0.15) is 6.42 Å². The number of nitro groups is 1. The van der Waals surface area contributed by atoms with Crippen LogP contribution in [-0.4, -0.2) is 118 Å². The summed E-state index contributed by atoms with van der Waals surface area (Å²) in [4.78, 5) is 2.65. The van der Waals surface area contributed by atoms with Crippen molar-refractivity contribution in [2.75, 3.05) is 18.1 Å². The molecule has 7 rings (SSSR count). The van der Waals surface area contributed by atoms with Crippen molar-refractivity contribution in [3.8, 4) is 17.2 Å². The van der Waals surface area contributed by atoms with Crippen molar-refractivity contribution in [1.82, 2.24) is 0 Å². The summed E-state index contributed by atoms with van der Waals surface area (Å²) in [6.45, 7) is -0.461. The van der Waals surface area contributed by atoms with Gasteiger partial charge in [-0.3, -0.25) is 42.0 Å². The highest BCUT2D eigenvalue weighted by Gasteiger charge is 2.31. The second kappa shape index (κ2) is 22.9. The second-order valence-corrected chi connectivity index (χ2v) is 26.5. The lowest BCUT2D eigenvalue weighted by Crippen LogP contribution is -2.08. The number of phenolic OH excluding ortho intramolecular Hbond substituents is 2. The Morgan fingerprint density at radius 2 is 0.964 bits per heavy atom. The van der Waals surface area contributed by atoms with Crippen molar-refractivity contribution in [2.45, 2.75) is 35.8 Å². The molecule has 0 radical (unpaired) electrons. The molecule has 0 heterocycles. The topological polar surface area (TPSA) is 598 Å². The molecular formula is C41H32N10O26S7. The van der Waals surface area contributed by atoms with E-state index >= 15 is 0 Å². The van der Waals surface area contributed by atoms with Crippen LogP contribution in [0, 0.1) is 10.1 Å². The summed E-state index contributed by atoms with van der Waals surface area (Å²) < 4.78 is 248. The Morgan fingerprint density at radius 3 is 1.51 bits per heavy atom. The first-order chi connectivity index (χ1) is 38.6. The molecule has 0 atom stereocenters. The lowest BCUT2D eigenvalue weighted by molar-refractivity contribution is -0.385. The first-order valence-electron chi connectivity index (χ1n) is 21.7. The van der Waals surface area contributed by atoms with Gasteiger partial charge in [-0.2, -0.15) is 69.2 Å². The van der Waals surface area contributed by atoms with Crippen LogP contribution in [0.3, 0.4) is 0 Å². The summed E-state index contributed by atoms with van der Waals surface area (Å²) >= 11 is 0. The number of nitro benzene ring substituents is 1. The molecule has 0 spiro atoms. The largest absolute Gasteiger partial charge is 0.505 e. The number of azo groups is 4. The van der Waals surface area contributed by atoms with E-state index in [1.54, 1.807) is 0 Å². The van der Waals surface area contributed by atoms with E-state index in [2.05, 4.69) is 40.9 Å². The van der Waals surface area contributed by atoms with E-state index in [-0.39, 0.29) is 35.3 Å². The van der Waals surface area contributed by atoms with Gasteiger partial charge in [0, 0.05) is 34.4 Å². The number of hydrogen-bond acceptors (Lipinski definition) is 28. The zero-order valence-electron chi connectivity index (χ0n) is 40.7. The van der Waals surface area contributed by atoms with Gasteiger partial charge in [-0.1, -0.05) is 0 Å². The van der Waals surface area contributed by atoms with Crippen LogP contribution in [0.5, 0.6) is 17.2 Å². The van der Waals surface area contributed by atoms with E-state index in [4.69, 9.17) is 15.0 Å². The van der Waals surface area contributed by atoms with Gasteiger partial charge in [0.25, 0.3) is 76.5 Å². The van der Waals surface area contributed by atoms with Crippen LogP contribution >= 0.6 is 0 Å². The standard InChI is InChI=1S/C41H32N10O26S7/c42-36-29(18-31(80(62,63)64)25-17-34(83(71,72)73)38(40(53)35(25)36)50-46-27-10-5-21(51(54)55)15-32(27)81(65,66)67)48-47-28-11-8-23-24(41(28)84(74,75)76)16-33(82(68,69)70)37(39(23)52)49-45-26-9-4-20(14-30(26)77-12-1-13-78(56,57)58)44-43-19-2-6-22(7-3-19)79(59,60)61/h2-11,14-18,52-53H,1,12-13,42H2,(H,56,57,58)(H,59,60,61)(H,62,63,64)(H,65,66,67)(H,68,69,70)(H,71,72,73)(H,74,75,76). The van der Waals surface area contributed by atoms with Crippen molar-refractivity contribution >= 4 is 149 Å². The predicted octanol–water partition coefficient (Wildman–Crippen LogP) is 7.69. The van der Waals surface area contributed by atoms with Gasteiger partial charge in [0.15, 0.2) is 11.5 Å². The van der Waals surface area contributed by atoms with Crippen LogP contribution in [0.15, 0.2) is 161 Å². The number of benzene rings is 7. The number of ether oxygens (including phenoxy) is 1. The Balaban J connectivity index is 1.37. The minimum atomic E-state index is -5.74. The van der Waals surface area contributed by atoms with Crippen LogP contribution in [0.25, 0.3) is 21.5 Å². The number of hydrogen-bond donors (Lipinski definition) is 10. The summed E-state index contributed by atoms with van der Waals surface area (Å²) in [5.74, 6) is -3.96. The number of rotatable bonds is 20. The molecule has 0 unspecified atom stereocenters. The summed E-state index contributed by atoms with van der Waals surface area (Å²) in [7, 11) is -37.1. The van der Waals surface area contributed by atoms with Crippen LogP contribution < -0.4 is 10.5 Å². The third-order valence-corrected chi connectivity index (χ3v) is 17.1. The highest BCUT2D eigenvalue weighted by Crippen LogP contribution is 2.50. The monoisotopic (exact) mass is 1300 g/mol. The molecule has 0 bridgehead atoms. The zero-order valence-corrected chi connectivity index (χ0v) is 46.4. The normalized spacial score (nSPS) is 13.3. The second-order valence-electron chi connectivity index (χ2n) is 16.6. The predicted molar refractivity (Wildman–Crippen MR) is 284 cm³/mol. The highest BCUT2D eigenvalue weighted by atomic mass is 32.2. The van der Waals surface area contributed by atoms with Crippen molar-refractivity contribution in [1.29, 1.82) is 0 Å². The summed E-state index contributed by atoms with van der Waals surface area (Å²) in [6.07, 6.45) is -0.335. The molecule has 7 aromatic carbocycles. The number of non-ortho nitro benzene ring substituents is 1. The van der Waals surface area contributed by atoms with E-state index in [1.165, 1.54) is 18.2 Å². The van der Waals surface area contributed by atoms with Crippen molar-refractivity contribution in [3.63, 3.8) is 0 Å². The van der Waals surface area contributed by atoms with Gasteiger partial charge in [0.2, 0.25) is 0 Å². The number of nitrogen functional groups attached to an aromatic ring is 1. The smallest absolute Gasteiger partial charge is 0.297 e. The van der Waals surface area contributed by atoms with Gasteiger partial charge < -0.3 is 20.7 Å². The Kier molecular flexibility index (Phi) is 17.2. The minimum absolute atomic E-state index is 0.0404. The lowest BCUT2D eigenvalue weighted by atomic mass is 10.0. The van der Waals surface area contributed by atoms with Crippen LogP contribution in [-0.2, 0) is 70.8 Å². The maximum absolute atomic E-state index is 13.1. The molecule has 0 saturated carbocycles. The molecular weight excluding hydrogens is 1270 g/mol. The fourth-order valence-corrected chi connectivity index (χ4v) is 11.8. The van der Waals surface area contributed by atoms with E-state index in [1.807, 2.05) is 0 Å². The molecule has 444 valence electrons. The van der Waals surface area contributed by atoms with Gasteiger partial charge >= 0.3 is 0 Å². The molecule has 0 amide bonds. The maximum atomic E-state index is 13.1. The molecule has 36 nitrogen and oxygen atoms in total. The molecule has 0 aliphatic heterocycles. The Morgan fingerprint density at radius 1 is 0.464 bits per heavy atom. The van der Waals surface area contributed by atoms with Crippen molar-refractivity contribution < 1.29 is 111 Å². The third-order valence-electron chi connectivity index (χ3n) is 10.9. The first-order valence-corrected chi connectivity index (χ1v) is 32.0. The minimum Gasteiger partial charge on any atom is -0.505 e. The lowest BCUT2D eigenvalue weighted by Gasteiger charge is -2.15. The number of fused-ring (bicyclic) bond motifs is 2. The molecule has 84 heavy (non-hydrogen) atoms. The number of aromatic hydroxyl groups is 2. The SMILES string of the molecule is Nc1c(N=Nc2ccc3c(O)c(N=Nc4ccc(N=Nc5ccc(S(=O)(=O)O)cc5)cc4OCCCS(=O)(=O)O)c(S(=O)(=O)O)cc3c2S(=O)(=O)O)cc(S(=O)(=O)O)c2cc(S(=O)(=O)O)c(N=Nc3ccc([N+](=O)[O-])cc3S(=O)(=O)O)c(O)c12. The number of nitrogens with two attached hydrogens (primary N) is 1. The molecule has 0 saturated heterocycles. The molecule has 0 aliphatic carbocycles. The van der Waals surface area contributed by atoms with Gasteiger partial charge in [0.1, 0.15) is 64.4 Å². The van der Waals surface area contributed by atoms with Crippen LogP contribution in [0.2, 0.25) is 0 Å². The average Bonchev–Trinajstić information content (AvgIpc) is 0.944. The summed E-state index contributed by atoms with van der Waals surface area (Å²) in [5.41, 5.74) is -1.51. The van der Waals surface area contributed by atoms with Gasteiger partial charge in [-0.15, -0.1) is 30.7 Å². The van der Waals surface area contributed by atoms with Crippen molar-refractivity contribution in [2.24, 2.45) is 40.9 Å². The average molecular weight is 1310 g/mol. The molecule has 0 fully saturated rings. The number of nitrogens with zero attached hydrogens (tertiary/aromatic N) is 9. The fourth-order valence-electron chi connectivity index (χ4n) is 7.33. The quantitative estimate of drug-likeness (QED) is 0.00872. The van der Waals surface area contributed by atoms with E-state index in [0.29, 0.717) is 36.4 Å². The zero-order chi connectivity index (χ0) is 62.4. The maximum Gasteiger partial charge on any atom is 0.297 e. The molecule has 0 aromatic heterocycles. The van der Waals surface area contributed by atoms with Gasteiger partial charge in [-0.25, -0.2) is 0 Å². The van der Waals surface area contributed by atoms with E-state index in [9.17, 15) is 107 Å². The van der Waals surface area contributed by atoms with E-state index < -0.39 is 190 Å². The fraction of sp³-hybridized carbons (Fsp3) is 0.0732. The van der Waals surface area contributed by atoms with Crippen molar-refractivity contribution in [3.05, 3.63) is 101 Å². The van der Waals surface area contributed by atoms with Gasteiger partial charge in [-0.05, 0) is 79.2 Å². The van der Waals surface area contributed by atoms with Crippen LogP contribution in [0.4, 0.5) is 56.9 Å². The molecule has 7 aromatic rings. The van der Waals surface area contributed by atoms with Gasteiger partial charge in [0.05, 0.1) is 44.6 Å². The Hall–Kier alpha value is -8.57. The Bertz CT molecular complexity index is 4930. The molecule has 11 N–H and O–H groups in total. The van der Waals surface area contributed by atoms with E-state index in [0.717, 1.165) is 30.3 Å². The number of anilines is 1. The number of phenols is 2. The first kappa shape index (κ1) is 63.0. The highest BCUT2D eigenvalue weighted by molar-refractivity contribution is 7.87. The summed E-state index contributed by atoms with van der Waals surface area (Å²) in [6, 6.07) is 11.7. The summed E-state index contributed by atoms with van der Waals surface area (Å²) in [5, 5.41) is 60.1. The molecule has 0 aliphatic rings. The Labute approximate surface area is 470 Å².